The number of carbonyl (C=O) groups excluding carboxylic acids is 3. The summed E-state index contributed by atoms with van der Waals surface area (Å²) in [7, 11) is 3.08. The molecule has 172 valence electrons. The van der Waals surface area contributed by atoms with Crippen molar-refractivity contribution in [3.05, 3.63) is 70.1 Å². The molecule has 3 amide bonds. The summed E-state index contributed by atoms with van der Waals surface area (Å²) in [6, 6.07) is 9.15. The van der Waals surface area contributed by atoms with Crippen LogP contribution in [0.3, 0.4) is 0 Å². The number of anilines is 1. The van der Waals surface area contributed by atoms with Crippen molar-refractivity contribution in [1.29, 1.82) is 0 Å². The van der Waals surface area contributed by atoms with Crippen LogP contribution in [0.25, 0.3) is 6.08 Å². The molecule has 0 bridgehead atoms. The fraction of sp³-hybridized carbons (Fsp3) is 0.240. The highest BCUT2D eigenvalue weighted by Gasteiger charge is 2.36. The lowest BCUT2D eigenvalue weighted by Gasteiger charge is -2.14. The van der Waals surface area contributed by atoms with Crippen molar-refractivity contribution in [2.45, 2.75) is 20.3 Å². The second-order valence-corrected chi connectivity index (χ2v) is 8.47. The highest BCUT2D eigenvalue weighted by Crippen LogP contribution is 2.37. The molecule has 0 unspecified atom stereocenters. The second-order valence-electron chi connectivity index (χ2n) is 7.47. The van der Waals surface area contributed by atoms with Crippen LogP contribution in [-0.4, -0.2) is 42.7 Å². The molecule has 0 aliphatic carbocycles. The smallest absolute Gasteiger partial charge is 0.294 e. The van der Waals surface area contributed by atoms with Gasteiger partial charge in [0.15, 0.2) is 11.5 Å². The number of nitrogens with zero attached hydrogens (tertiary/aromatic N) is 1. The van der Waals surface area contributed by atoms with Crippen molar-refractivity contribution in [1.82, 2.24) is 4.90 Å². The zero-order chi connectivity index (χ0) is 24.1. The molecule has 1 aliphatic heterocycles. The van der Waals surface area contributed by atoms with Crippen LogP contribution in [0.2, 0.25) is 0 Å². The zero-order valence-corrected chi connectivity index (χ0v) is 19.9. The van der Waals surface area contributed by atoms with E-state index in [1.807, 2.05) is 32.0 Å². The number of ether oxygens (including phenoxy) is 2. The molecular formula is C25H26N2O5S. The third-order valence-electron chi connectivity index (χ3n) is 5.29. The number of imide groups is 1. The van der Waals surface area contributed by atoms with Crippen LogP contribution in [-0.2, 0) is 16.0 Å². The number of rotatable bonds is 8. The topological polar surface area (TPSA) is 84.9 Å². The molecule has 3 rings (SSSR count). The number of hydrogen-bond donors (Lipinski definition) is 1. The standard InChI is InChI=1S/C25H26N2O5S/c1-6-8-18-11-17(12-20(31-4)23(18)32-5)13-21-24(29)27(25(30)33-21)14-22(28)26-19-10-7-9-15(2)16(19)3/h6-7,9-13H,1,8,14H2,2-5H3,(H,26,28)/b21-13-. The fourth-order valence-corrected chi connectivity index (χ4v) is 4.30. The van der Waals surface area contributed by atoms with Crippen LogP contribution in [0, 0.1) is 13.8 Å². The Labute approximate surface area is 197 Å². The maximum Gasteiger partial charge on any atom is 0.294 e. The lowest BCUT2D eigenvalue weighted by atomic mass is 10.0. The van der Waals surface area contributed by atoms with Crippen molar-refractivity contribution in [3.8, 4) is 11.5 Å². The van der Waals surface area contributed by atoms with Crippen LogP contribution in [0.4, 0.5) is 10.5 Å². The fourth-order valence-electron chi connectivity index (χ4n) is 3.46. The number of allylic oxidation sites excluding steroid dienone is 1. The highest BCUT2D eigenvalue weighted by molar-refractivity contribution is 8.18. The molecule has 2 aromatic rings. The Morgan fingerprint density at radius 1 is 1.18 bits per heavy atom. The van der Waals surface area contributed by atoms with Gasteiger partial charge in [0, 0.05) is 11.3 Å². The van der Waals surface area contributed by atoms with Crippen LogP contribution in [0.1, 0.15) is 22.3 Å². The number of aryl methyl sites for hydroxylation is 1. The van der Waals surface area contributed by atoms with Crippen molar-refractivity contribution in [2.24, 2.45) is 0 Å². The van der Waals surface area contributed by atoms with Crippen LogP contribution in [0.5, 0.6) is 11.5 Å². The van der Waals surface area contributed by atoms with Gasteiger partial charge in [-0.05, 0) is 73.0 Å². The lowest BCUT2D eigenvalue weighted by Crippen LogP contribution is -2.36. The second kappa shape index (κ2) is 10.4. The normalized spacial score (nSPS) is 14.5. The summed E-state index contributed by atoms with van der Waals surface area (Å²) >= 11 is 0.799. The average Bonchev–Trinajstić information content (AvgIpc) is 3.04. The van der Waals surface area contributed by atoms with E-state index in [0.717, 1.165) is 33.4 Å². The third-order valence-corrected chi connectivity index (χ3v) is 6.20. The third kappa shape index (κ3) is 5.28. The molecule has 0 saturated carbocycles. The van der Waals surface area contributed by atoms with E-state index < -0.39 is 17.1 Å². The number of hydrogen-bond acceptors (Lipinski definition) is 6. The van der Waals surface area contributed by atoms with Gasteiger partial charge >= 0.3 is 0 Å². The molecule has 0 aromatic heterocycles. The van der Waals surface area contributed by atoms with Crippen LogP contribution < -0.4 is 14.8 Å². The largest absolute Gasteiger partial charge is 0.493 e. The minimum Gasteiger partial charge on any atom is -0.493 e. The van der Waals surface area contributed by atoms with E-state index in [4.69, 9.17) is 9.47 Å². The monoisotopic (exact) mass is 466 g/mol. The SMILES string of the molecule is C=CCc1cc(/C=C2\SC(=O)N(CC(=O)Nc3cccc(C)c3C)C2=O)cc(OC)c1OC. The summed E-state index contributed by atoms with van der Waals surface area (Å²) in [4.78, 5) is 39.1. The van der Waals surface area contributed by atoms with Crippen molar-refractivity contribution >= 4 is 40.6 Å². The predicted octanol–water partition coefficient (Wildman–Crippen LogP) is 4.72. The van der Waals surface area contributed by atoms with Gasteiger partial charge in [-0.2, -0.15) is 0 Å². The first-order valence-electron chi connectivity index (χ1n) is 10.3. The molecule has 7 nitrogen and oxygen atoms in total. The van der Waals surface area contributed by atoms with Gasteiger partial charge in [-0.15, -0.1) is 6.58 Å². The highest BCUT2D eigenvalue weighted by atomic mass is 32.2. The van der Waals surface area contributed by atoms with E-state index in [-0.39, 0.29) is 11.4 Å². The Bertz CT molecular complexity index is 1160. The quantitative estimate of drug-likeness (QED) is 0.447. The van der Waals surface area contributed by atoms with Gasteiger partial charge < -0.3 is 14.8 Å². The Morgan fingerprint density at radius 3 is 2.61 bits per heavy atom. The Balaban J connectivity index is 1.81. The molecule has 0 radical (unpaired) electrons. The first kappa shape index (κ1) is 24.1. The number of carbonyl (C=O) groups is 3. The number of thioether (sulfide) groups is 1. The molecule has 1 saturated heterocycles. The first-order chi connectivity index (χ1) is 15.8. The molecule has 1 fully saturated rings. The maximum atomic E-state index is 12.9. The molecular weight excluding hydrogens is 440 g/mol. The summed E-state index contributed by atoms with van der Waals surface area (Å²) in [5.41, 5.74) is 4.14. The van der Waals surface area contributed by atoms with Gasteiger partial charge in [-0.3, -0.25) is 19.3 Å². The van der Waals surface area contributed by atoms with Crippen LogP contribution in [0.15, 0.2) is 47.9 Å². The Kier molecular flexibility index (Phi) is 7.60. The predicted molar refractivity (Wildman–Crippen MR) is 131 cm³/mol. The van der Waals surface area contributed by atoms with Gasteiger partial charge in [-0.1, -0.05) is 18.2 Å². The molecule has 1 N–H and O–H groups in total. The molecule has 0 atom stereocenters. The van der Waals surface area contributed by atoms with E-state index >= 15 is 0 Å². The lowest BCUT2D eigenvalue weighted by molar-refractivity contribution is -0.127. The summed E-state index contributed by atoms with van der Waals surface area (Å²) in [6.45, 7) is 7.25. The van der Waals surface area contributed by atoms with Gasteiger partial charge in [0.2, 0.25) is 5.91 Å². The van der Waals surface area contributed by atoms with E-state index in [9.17, 15) is 14.4 Å². The van der Waals surface area contributed by atoms with E-state index in [2.05, 4.69) is 11.9 Å². The maximum absolute atomic E-state index is 12.9. The van der Waals surface area contributed by atoms with Gasteiger partial charge in [-0.25, -0.2) is 0 Å². The van der Waals surface area contributed by atoms with E-state index in [1.54, 1.807) is 31.4 Å². The number of nitrogens with one attached hydrogen (secondary N) is 1. The number of amides is 3. The first-order valence-corrected chi connectivity index (χ1v) is 11.1. The summed E-state index contributed by atoms with van der Waals surface area (Å²) in [6.07, 6.45) is 3.90. The molecule has 8 heteroatoms. The Hall–Kier alpha value is -3.52. The van der Waals surface area contributed by atoms with Crippen molar-refractivity contribution in [3.63, 3.8) is 0 Å². The molecule has 1 heterocycles. The van der Waals surface area contributed by atoms with Gasteiger partial charge in [0.05, 0.1) is 19.1 Å². The molecule has 33 heavy (non-hydrogen) atoms. The summed E-state index contributed by atoms with van der Waals surface area (Å²) < 4.78 is 10.9. The van der Waals surface area contributed by atoms with Gasteiger partial charge in [0.1, 0.15) is 6.54 Å². The molecule has 0 spiro atoms. The van der Waals surface area contributed by atoms with Crippen LogP contribution >= 0.6 is 11.8 Å². The van der Waals surface area contributed by atoms with Crippen molar-refractivity contribution in [2.75, 3.05) is 26.1 Å². The van der Waals surface area contributed by atoms with Crippen molar-refractivity contribution < 1.29 is 23.9 Å². The minimum absolute atomic E-state index is 0.233. The van der Waals surface area contributed by atoms with E-state index in [0.29, 0.717) is 29.2 Å². The molecule has 1 aliphatic rings. The summed E-state index contributed by atoms with van der Waals surface area (Å²) in [5, 5.41) is 2.29. The number of benzene rings is 2. The summed E-state index contributed by atoms with van der Waals surface area (Å²) in [5.74, 6) is 0.147. The van der Waals surface area contributed by atoms with E-state index in [1.165, 1.54) is 7.11 Å². The minimum atomic E-state index is -0.513. The number of methoxy groups -OCH3 is 2. The Morgan fingerprint density at radius 2 is 1.94 bits per heavy atom. The zero-order valence-electron chi connectivity index (χ0n) is 19.1. The average molecular weight is 467 g/mol. The molecule has 2 aromatic carbocycles. The van der Waals surface area contributed by atoms with Gasteiger partial charge in [0.25, 0.3) is 11.1 Å².